The number of halogens is 1. The van der Waals surface area contributed by atoms with Crippen molar-refractivity contribution in [3.05, 3.63) is 20.8 Å². The molecule has 1 aromatic heterocycles. The van der Waals surface area contributed by atoms with E-state index in [0.717, 1.165) is 40.3 Å². The highest BCUT2D eigenvalue weighted by Gasteiger charge is 2.39. The van der Waals surface area contributed by atoms with Crippen molar-refractivity contribution < 1.29 is 4.79 Å². The molecule has 2 rings (SSSR count). The van der Waals surface area contributed by atoms with Crippen LogP contribution in [0.5, 0.6) is 0 Å². The van der Waals surface area contributed by atoms with Gasteiger partial charge < -0.3 is 5.73 Å². The Morgan fingerprint density at radius 1 is 1.50 bits per heavy atom. The van der Waals surface area contributed by atoms with Crippen LogP contribution in [0.2, 0.25) is 0 Å². The number of carbonyl (C=O) groups excluding carboxylic acids is 1. The Kier molecular flexibility index (Phi) is 4.62. The summed E-state index contributed by atoms with van der Waals surface area (Å²) >= 11 is 5.08. The van der Waals surface area contributed by atoms with Crippen LogP contribution in [0.15, 0.2) is 15.9 Å². The van der Waals surface area contributed by atoms with E-state index < -0.39 is 0 Å². The number of hydrogen-bond donors (Lipinski definition) is 1. The highest BCUT2D eigenvalue weighted by atomic mass is 79.9. The van der Waals surface area contributed by atoms with Gasteiger partial charge in [0, 0.05) is 23.3 Å². The highest BCUT2D eigenvalue weighted by Crippen LogP contribution is 2.40. The van der Waals surface area contributed by atoms with E-state index in [9.17, 15) is 4.79 Å². The topological polar surface area (TPSA) is 43.1 Å². The summed E-state index contributed by atoms with van der Waals surface area (Å²) in [6, 6.07) is 4.04. The van der Waals surface area contributed by atoms with Crippen molar-refractivity contribution >= 4 is 33.0 Å². The average molecular weight is 330 g/mol. The largest absolute Gasteiger partial charge is 0.329 e. The molecule has 1 heterocycles. The molecule has 4 heteroatoms. The first-order valence-electron chi connectivity index (χ1n) is 6.53. The van der Waals surface area contributed by atoms with Gasteiger partial charge in [0.05, 0.1) is 3.79 Å². The van der Waals surface area contributed by atoms with Gasteiger partial charge in [-0.25, -0.2) is 0 Å². The maximum absolute atomic E-state index is 12.5. The van der Waals surface area contributed by atoms with Crippen LogP contribution in [0, 0.1) is 11.3 Å². The van der Waals surface area contributed by atoms with E-state index in [1.54, 1.807) is 11.3 Å². The number of nitrogens with two attached hydrogens (primary N) is 1. The van der Waals surface area contributed by atoms with Crippen LogP contribution in [0.25, 0.3) is 0 Å². The first kappa shape index (κ1) is 14.2. The molecule has 1 aromatic rings. The van der Waals surface area contributed by atoms with Crippen LogP contribution in [-0.2, 0) is 11.2 Å². The molecule has 0 spiro atoms. The van der Waals surface area contributed by atoms with Gasteiger partial charge in [0.1, 0.15) is 5.78 Å². The van der Waals surface area contributed by atoms with E-state index in [2.05, 4.69) is 22.9 Å². The number of rotatable bonds is 4. The average Bonchev–Trinajstić information content (AvgIpc) is 2.76. The zero-order valence-corrected chi connectivity index (χ0v) is 13.1. The summed E-state index contributed by atoms with van der Waals surface area (Å²) in [5.41, 5.74) is 5.67. The van der Waals surface area contributed by atoms with E-state index in [-0.39, 0.29) is 5.41 Å². The molecule has 0 bridgehead atoms. The number of hydrogen-bond acceptors (Lipinski definition) is 3. The fourth-order valence-electron chi connectivity index (χ4n) is 2.70. The molecule has 0 amide bonds. The predicted molar refractivity (Wildman–Crippen MR) is 79.8 cm³/mol. The molecule has 2 nitrogen and oxygen atoms in total. The Bertz CT molecular complexity index is 421. The SMILES string of the molecule is CC1CCC(CN)(C(=O)Cc2ccc(Br)s2)CC1. The minimum atomic E-state index is -0.247. The number of Topliss-reactive ketones (excluding diaryl/α,β-unsaturated/α-hetero) is 1. The summed E-state index contributed by atoms with van der Waals surface area (Å²) in [5.74, 6) is 1.08. The summed E-state index contributed by atoms with van der Waals surface area (Å²) in [6.07, 6.45) is 4.75. The molecule has 18 heavy (non-hydrogen) atoms. The molecular formula is C14H20BrNOS. The van der Waals surface area contributed by atoms with Crippen molar-refractivity contribution in [2.45, 2.75) is 39.0 Å². The van der Waals surface area contributed by atoms with Gasteiger partial charge in [0.2, 0.25) is 0 Å². The number of thiophene rings is 1. The fraction of sp³-hybridized carbons (Fsp3) is 0.643. The van der Waals surface area contributed by atoms with Crippen molar-refractivity contribution in [2.75, 3.05) is 6.54 Å². The summed E-state index contributed by atoms with van der Waals surface area (Å²) in [6.45, 7) is 2.77. The van der Waals surface area contributed by atoms with Crippen LogP contribution in [0.4, 0.5) is 0 Å². The quantitative estimate of drug-likeness (QED) is 0.913. The lowest BCUT2D eigenvalue weighted by Crippen LogP contribution is -2.42. The summed E-state index contributed by atoms with van der Waals surface area (Å²) < 4.78 is 1.09. The lowest BCUT2D eigenvalue weighted by atomic mass is 9.67. The fourth-order valence-corrected chi connectivity index (χ4v) is 4.19. The summed E-state index contributed by atoms with van der Waals surface area (Å²) in [7, 11) is 0. The Morgan fingerprint density at radius 2 is 2.17 bits per heavy atom. The second-order valence-electron chi connectivity index (χ2n) is 5.47. The second kappa shape index (κ2) is 5.85. The first-order valence-corrected chi connectivity index (χ1v) is 8.14. The van der Waals surface area contributed by atoms with Crippen LogP contribution in [0.3, 0.4) is 0 Å². The van der Waals surface area contributed by atoms with E-state index in [1.165, 1.54) is 0 Å². The normalized spacial score (nSPS) is 28.3. The molecule has 100 valence electrons. The van der Waals surface area contributed by atoms with Crippen LogP contribution < -0.4 is 5.73 Å². The number of carbonyl (C=O) groups is 1. The predicted octanol–water partition coefficient (Wildman–Crippen LogP) is 3.78. The molecule has 0 aliphatic heterocycles. The van der Waals surface area contributed by atoms with Gasteiger partial charge in [-0.2, -0.15) is 0 Å². The van der Waals surface area contributed by atoms with Gasteiger partial charge in [0.15, 0.2) is 0 Å². The molecule has 1 fully saturated rings. The first-order chi connectivity index (χ1) is 8.55. The third-order valence-electron chi connectivity index (χ3n) is 4.18. The van der Waals surface area contributed by atoms with E-state index in [0.29, 0.717) is 18.7 Å². The monoisotopic (exact) mass is 329 g/mol. The summed E-state index contributed by atoms with van der Waals surface area (Å²) in [4.78, 5) is 13.7. The van der Waals surface area contributed by atoms with Crippen molar-refractivity contribution in [3.8, 4) is 0 Å². The van der Waals surface area contributed by atoms with E-state index in [1.807, 2.05) is 12.1 Å². The van der Waals surface area contributed by atoms with Crippen LogP contribution in [-0.4, -0.2) is 12.3 Å². The van der Waals surface area contributed by atoms with Crippen molar-refractivity contribution in [1.29, 1.82) is 0 Å². The zero-order chi connectivity index (χ0) is 13.2. The summed E-state index contributed by atoms with van der Waals surface area (Å²) in [5, 5.41) is 0. The van der Waals surface area contributed by atoms with E-state index >= 15 is 0 Å². The third kappa shape index (κ3) is 3.03. The van der Waals surface area contributed by atoms with Gasteiger partial charge in [0.25, 0.3) is 0 Å². The lowest BCUT2D eigenvalue weighted by Gasteiger charge is -2.37. The molecule has 1 saturated carbocycles. The minimum absolute atomic E-state index is 0.247. The van der Waals surface area contributed by atoms with Gasteiger partial charge >= 0.3 is 0 Å². The molecule has 0 aromatic carbocycles. The Morgan fingerprint density at radius 3 is 2.67 bits per heavy atom. The molecule has 0 unspecified atom stereocenters. The maximum Gasteiger partial charge on any atom is 0.145 e. The molecule has 1 aliphatic rings. The Labute approximate surface area is 121 Å². The van der Waals surface area contributed by atoms with Crippen molar-refractivity contribution in [3.63, 3.8) is 0 Å². The van der Waals surface area contributed by atoms with E-state index in [4.69, 9.17) is 5.73 Å². The van der Waals surface area contributed by atoms with Gasteiger partial charge in [-0.05, 0) is 59.7 Å². The van der Waals surface area contributed by atoms with Crippen LogP contribution >= 0.6 is 27.3 Å². The third-order valence-corrected chi connectivity index (χ3v) is 5.80. The molecule has 2 N–H and O–H groups in total. The standard InChI is InChI=1S/C14H20BrNOS/c1-10-4-6-14(9-16,7-5-10)12(17)8-11-2-3-13(15)18-11/h2-3,10H,4-9,16H2,1H3. The van der Waals surface area contributed by atoms with Gasteiger partial charge in [-0.1, -0.05) is 6.92 Å². The molecular weight excluding hydrogens is 310 g/mol. The molecule has 0 radical (unpaired) electrons. The minimum Gasteiger partial charge on any atom is -0.329 e. The van der Waals surface area contributed by atoms with Crippen molar-refractivity contribution in [1.82, 2.24) is 0 Å². The Balaban J connectivity index is 2.06. The maximum atomic E-state index is 12.5. The number of ketones is 1. The van der Waals surface area contributed by atoms with Gasteiger partial charge in [-0.15, -0.1) is 11.3 Å². The second-order valence-corrected chi connectivity index (χ2v) is 8.02. The van der Waals surface area contributed by atoms with Crippen molar-refractivity contribution in [2.24, 2.45) is 17.1 Å². The molecule has 0 atom stereocenters. The van der Waals surface area contributed by atoms with Crippen LogP contribution in [0.1, 0.15) is 37.5 Å². The van der Waals surface area contributed by atoms with Gasteiger partial charge in [-0.3, -0.25) is 4.79 Å². The Hall–Kier alpha value is -0.190. The smallest absolute Gasteiger partial charge is 0.145 e. The zero-order valence-electron chi connectivity index (χ0n) is 10.7. The molecule has 1 aliphatic carbocycles. The highest BCUT2D eigenvalue weighted by molar-refractivity contribution is 9.11. The molecule has 0 saturated heterocycles. The lowest BCUT2D eigenvalue weighted by molar-refractivity contribution is -0.129.